The van der Waals surface area contributed by atoms with Crippen LogP contribution in [0, 0.1) is 13.8 Å². The lowest BCUT2D eigenvalue weighted by atomic mass is 10.2. The van der Waals surface area contributed by atoms with Crippen molar-refractivity contribution >= 4 is 23.8 Å². The maximum absolute atomic E-state index is 6.25. The molecule has 152 valence electrons. The summed E-state index contributed by atoms with van der Waals surface area (Å²) in [5.74, 6) is 2.14. The van der Waals surface area contributed by atoms with Gasteiger partial charge in [0.15, 0.2) is 0 Å². The second kappa shape index (κ2) is 8.42. The number of nitrogens with two attached hydrogens (primary N) is 1. The van der Waals surface area contributed by atoms with Crippen molar-refractivity contribution in [2.45, 2.75) is 20.5 Å². The monoisotopic (exact) mass is 421 g/mol. The lowest BCUT2D eigenvalue weighted by molar-refractivity contribution is 0.299. The molecule has 0 amide bonds. The zero-order chi connectivity index (χ0) is 21.1. The van der Waals surface area contributed by atoms with Gasteiger partial charge in [0.05, 0.1) is 28.7 Å². The zero-order valence-electron chi connectivity index (χ0n) is 16.5. The molecule has 7 nitrogen and oxygen atoms in total. The molecule has 4 rings (SSSR count). The average molecular weight is 422 g/mol. The lowest BCUT2D eigenvalue weighted by Crippen LogP contribution is -2.01. The van der Waals surface area contributed by atoms with E-state index in [0.29, 0.717) is 34.1 Å². The van der Waals surface area contributed by atoms with E-state index in [9.17, 15) is 0 Å². The Morgan fingerprint density at radius 2 is 1.90 bits per heavy atom. The highest BCUT2D eigenvalue weighted by Gasteiger charge is 2.14. The predicted molar refractivity (Wildman–Crippen MR) is 117 cm³/mol. The van der Waals surface area contributed by atoms with Crippen LogP contribution in [-0.4, -0.2) is 20.9 Å². The molecule has 0 unspecified atom stereocenters. The molecule has 2 aromatic carbocycles. The number of nitrogens with zero attached hydrogens (tertiary/aromatic N) is 4. The molecule has 0 fully saturated rings. The zero-order valence-corrected chi connectivity index (χ0v) is 17.3. The van der Waals surface area contributed by atoms with Gasteiger partial charge in [-0.3, -0.25) is 0 Å². The molecule has 30 heavy (non-hydrogen) atoms. The molecule has 4 aromatic rings. The van der Waals surface area contributed by atoms with Gasteiger partial charge in [-0.2, -0.15) is 5.10 Å². The molecule has 0 aliphatic carbocycles. The molecule has 8 heteroatoms. The molecule has 0 saturated carbocycles. The van der Waals surface area contributed by atoms with Crippen molar-refractivity contribution in [1.82, 2.24) is 14.6 Å². The topological polar surface area (TPSA) is 91.5 Å². The molecule has 0 bridgehead atoms. The normalized spacial score (nSPS) is 11.3. The lowest BCUT2D eigenvalue weighted by Gasteiger charge is -2.07. The Labute approximate surface area is 178 Å². The number of nitrogen functional groups attached to an aromatic ring is 1. The largest absolute Gasteiger partial charge is 0.486 e. The predicted octanol–water partition coefficient (Wildman–Crippen LogP) is 4.85. The molecule has 0 aliphatic rings. The van der Waals surface area contributed by atoms with Crippen LogP contribution in [0.2, 0.25) is 5.02 Å². The van der Waals surface area contributed by atoms with Crippen molar-refractivity contribution in [3.63, 3.8) is 0 Å². The number of hydrogen-bond acceptors (Lipinski definition) is 6. The summed E-state index contributed by atoms with van der Waals surface area (Å²) in [7, 11) is 0. The minimum atomic E-state index is 0.247. The molecule has 0 atom stereocenters. The molecule has 0 aliphatic heterocycles. The summed E-state index contributed by atoms with van der Waals surface area (Å²) >= 11 is 6.25. The molecule has 2 aromatic heterocycles. The van der Waals surface area contributed by atoms with Gasteiger partial charge in [0, 0.05) is 5.56 Å². The fraction of sp³-hybridized carbons (Fsp3) is 0.136. The maximum atomic E-state index is 6.25. The third-order valence-electron chi connectivity index (χ3n) is 4.44. The Hall–Kier alpha value is -3.58. The SMILES string of the molecule is Cc1cn(N=Cc2ccccc2OCc2nc(-c3ccccc3Cl)oc2C)c(N)n1. The summed E-state index contributed by atoms with van der Waals surface area (Å²) < 4.78 is 13.3. The van der Waals surface area contributed by atoms with Gasteiger partial charge >= 0.3 is 0 Å². The number of rotatable bonds is 6. The smallest absolute Gasteiger partial charge is 0.228 e. The number of oxazole rings is 1. The standard InChI is InChI=1S/C22H20ClN5O2/c1-14-12-28(22(24)26-14)25-11-16-7-3-6-10-20(16)29-13-19-15(2)30-21(27-19)17-8-4-5-9-18(17)23/h3-12H,13H2,1-2H3,(H2,24,26). The van der Waals surface area contributed by atoms with Crippen molar-refractivity contribution in [3.8, 4) is 17.2 Å². The van der Waals surface area contributed by atoms with Crippen LogP contribution in [0.25, 0.3) is 11.5 Å². The van der Waals surface area contributed by atoms with Gasteiger partial charge in [-0.1, -0.05) is 35.9 Å². The first-order chi connectivity index (χ1) is 14.5. The van der Waals surface area contributed by atoms with Crippen LogP contribution in [0.15, 0.2) is 64.2 Å². The fourth-order valence-electron chi connectivity index (χ4n) is 2.90. The van der Waals surface area contributed by atoms with E-state index in [2.05, 4.69) is 15.1 Å². The minimum Gasteiger partial charge on any atom is -0.486 e. The van der Waals surface area contributed by atoms with Gasteiger partial charge in [-0.05, 0) is 38.1 Å². The summed E-state index contributed by atoms with van der Waals surface area (Å²) in [5.41, 5.74) is 8.88. The first kappa shape index (κ1) is 19.7. The summed E-state index contributed by atoms with van der Waals surface area (Å²) in [6.07, 6.45) is 3.43. The highest BCUT2D eigenvalue weighted by atomic mass is 35.5. The van der Waals surface area contributed by atoms with Crippen LogP contribution < -0.4 is 10.5 Å². The number of aromatic nitrogens is 3. The first-order valence-corrected chi connectivity index (χ1v) is 9.68. The number of ether oxygens (including phenoxy) is 1. The molecule has 0 spiro atoms. The molecule has 2 N–H and O–H groups in total. The van der Waals surface area contributed by atoms with Gasteiger partial charge < -0.3 is 14.9 Å². The van der Waals surface area contributed by atoms with Crippen LogP contribution in [0.3, 0.4) is 0 Å². The van der Waals surface area contributed by atoms with E-state index in [1.807, 2.05) is 56.3 Å². The van der Waals surface area contributed by atoms with Gasteiger partial charge in [0.25, 0.3) is 0 Å². The Kier molecular flexibility index (Phi) is 5.54. The van der Waals surface area contributed by atoms with Crippen LogP contribution in [0.5, 0.6) is 5.75 Å². The fourth-order valence-corrected chi connectivity index (χ4v) is 3.11. The first-order valence-electron chi connectivity index (χ1n) is 9.30. The molecular formula is C22H20ClN5O2. The van der Waals surface area contributed by atoms with Gasteiger partial charge in [-0.15, -0.1) is 0 Å². The van der Waals surface area contributed by atoms with Crippen LogP contribution >= 0.6 is 11.6 Å². The van der Waals surface area contributed by atoms with Crippen molar-refractivity contribution in [2.75, 3.05) is 5.73 Å². The Morgan fingerprint density at radius 1 is 1.13 bits per heavy atom. The number of halogens is 1. The molecule has 0 saturated heterocycles. The molecule has 2 heterocycles. The Bertz CT molecular complexity index is 1210. The van der Waals surface area contributed by atoms with E-state index in [-0.39, 0.29) is 6.61 Å². The number of aryl methyl sites for hydroxylation is 2. The van der Waals surface area contributed by atoms with E-state index >= 15 is 0 Å². The Morgan fingerprint density at radius 3 is 2.67 bits per heavy atom. The van der Waals surface area contributed by atoms with E-state index in [1.54, 1.807) is 18.5 Å². The average Bonchev–Trinajstić information content (AvgIpc) is 3.26. The summed E-state index contributed by atoms with van der Waals surface area (Å²) in [6.45, 7) is 3.96. The number of imidazole rings is 1. The maximum Gasteiger partial charge on any atom is 0.228 e. The van der Waals surface area contributed by atoms with Gasteiger partial charge in [0.2, 0.25) is 11.8 Å². The Balaban J connectivity index is 1.52. The number of benzene rings is 2. The molecule has 0 radical (unpaired) electrons. The summed E-state index contributed by atoms with van der Waals surface area (Å²) in [6, 6.07) is 15.0. The van der Waals surface area contributed by atoms with Crippen LogP contribution in [-0.2, 0) is 6.61 Å². The van der Waals surface area contributed by atoms with E-state index in [0.717, 1.165) is 16.8 Å². The van der Waals surface area contributed by atoms with Crippen LogP contribution in [0.1, 0.15) is 22.7 Å². The van der Waals surface area contributed by atoms with Crippen molar-refractivity contribution in [2.24, 2.45) is 5.10 Å². The summed E-state index contributed by atoms with van der Waals surface area (Å²) in [4.78, 5) is 8.69. The van der Waals surface area contributed by atoms with Crippen molar-refractivity contribution < 1.29 is 9.15 Å². The van der Waals surface area contributed by atoms with Gasteiger partial charge in [0.1, 0.15) is 23.8 Å². The molecular weight excluding hydrogens is 402 g/mol. The third-order valence-corrected chi connectivity index (χ3v) is 4.77. The minimum absolute atomic E-state index is 0.247. The van der Waals surface area contributed by atoms with Crippen molar-refractivity contribution in [3.05, 3.63) is 82.5 Å². The third kappa shape index (κ3) is 4.21. The highest BCUT2D eigenvalue weighted by Crippen LogP contribution is 2.29. The number of anilines is 1. The summed E-state index contributed by atoms with van der Waals surface area (Å²) in [5, 5.41) is 4.94. The van der Waals surface area contributed by atoms with Crippen LogP contribution in [0.4, 0.5) is 5.95 Å². The quantitative estimate of drug-likeness (QED) is 0.449. The second-order valence-corrected chi connectivity index (χ2v) is 7.07. The van der Waals surface area contributed by atoms with E-state index < -0.39 is 0 Å². The second-order valence-electron chi connectivity index (χ2n) is 6.66. The van der Waals surface area contributed by atoms with E-state index in [4.69, 9.17) is 26.5 Å². The van der Waals surface area contributed by atoms with Gasteiger partial charge in [-0.25, -0.2) is 14.6 Å². The van der Waals surface area contributed by atoms with E-state index in [1.165, 1.54) is 4.68 Å². The van der Waals surface area contributed by atoms with Crippen molar-refractivity contribution in [1.29, 1.82) is 0 Å². The number of para-hydroxylation sites is 1. The number of hydrogen-bond donors (Lipinski definition) is 1. The highest BCUT2D eigenvalue weighted by molar-refractivity contribution is 6.33.